The smallest absolute Gasteiger partial charge is 0.142 e. The summed E-state index contributed by atoms with van der Waals surface area (Å²) >= 11 is 0. The van der Waals surface area contributed by atoms with Crippen LogP contribution in [0.25, 0.3) is 0 Å². The Morgan fingerprint density at radius 2 is 1.67 bits per heavy atom. The predicted octanol–water partition coefficient (Wildman–Crippen LogP) is 4.35. The van der Waals surface area contributed by atoms with Gasteiger partial charge in [0.1, 0.15) is 5.75 Å². The molecule has 18 heavy (non-hydrogen) atoms. The van der Waals surface area contributed by atoms with Crippen molar-refractivity contribution >= 4 is 5.69 Å². The summed E-state index contributed by atoms with van der Waals surface area (Å²) in [5.74, 6) is 0.251. The molecule has 1 aromatic rings. The molecule has 0 amide bonds. The van der Waals surface area contributed by atoms with Crippen LogP contribution in [-0.2, 0) is 10.8 Å². The molecule has 1 aromatic carbocycles. The minimum Gasteiger partial charge on any atom is -0.505 e. The van der Waals surface area contributed by atoms with Gasteiger partial charge in [-0.05, 0) is 28.9 Å². The molecule has 0 bridgehead atoms. The van der Waals surface area contributed by atoms with Crippen LogP contribution in [0, 0.1) is 0 Å². The van der Waals surface area contributed by atoms with Crippen LogP contribution >= 0.6 is 0 Å². The molecule has 0 aliphatic heterocycles. The van der Waals surface area contributed by atoms with Gasteiger partial charge in [0.15, 0.2) is 0 Å². The Balaban J connectivity index is 3.40. The summed E-state index contributed by atoms with van der Waals surface area (Å²) in [5, 5.41) is 10.2. The third kappa shape index (κ3) is 2.98. The van der Waals surface area contributed by atoms with Crippen molar-refractivity contribution in [2.24, 2.45) is 0 Å². The van der Waals surface area contributed by atoms with Gasteiger partial charge in [0.2, 0.25) is 0 Å². The summed E-state index contributed by atoms with van der Waals surface area (Å²) in [7, 11) is 0. The van der Waals surface area contributed by atoms with E-state index in [1.807, 2.05) is 6.07 Å². The van der Waals surface area contributed by atoms with Gasteiger partial charge in [0, 0.05) is 5.56 Å². The highest BCUT2D eigenvalue weighted by Crippen LogP contribution is 2.40. The van der Waals surface area contributed by atoms with Gasteiger partial charge in [-0.1, -0.05) is 54.0 Å². The zero-order valence-corrected chi connectivity index (χ0v) is 12.6. The Bertz CT molecular complexity index is 427. The van der Waals surface area contributed by atoms with Crippen molar-refractivity contribution in [3.8, 4) is 5.75 Å². The van der Waals surface area contributed by atoms with Crippen molar-refractivity contribution in [3.05, 3.63) is 23.3 Å². The van der Waals surface area contributed by atoms with E-state index in [1.165, 1.54) is 5.56 Å². The lowest BCUT2D eigenvalue weighted by Crippen LogP contribution is -2.20. The molecular formula is C16H27NO. The van der Waals surface area contributed by atoms with E-state index < -0.39 is 0 Å². The Kier molecular flexibility index (Phi) is 3.99. The fourth-order valence-electron chi connectivity index (χ4n) is 2.37. The summed E-state index contributed by atoms with van der Waals surface area (Å²) < 4.78 is 0. The van der Waals surface area contributed by atoms with E-state index in [2.05, 4.69) is 47.6 Å². The SMILES string of the molecule is CCCC(C)(C)c1cc(C(C)(C)C)cc(N)c1O. The molecule has 0 atom stereocenters. The molecule has 0 saturated heterocycles. The molecule has 0 heterocycles. The number of phenolic OH excluding ortho intramolecular Hbond substituents is 1. The first-order valence-electron chi connectivity index (χ1n) is 6.73. The Labute approximate surface area is 111 Å². The molecule has 2 nitrogen and oxygen atoms in total. The first-order chi connectivity index (χ1) is 8.09. The van der Waals surface area contributed by atoms with Crippen LogP contribution in [0.4, 0.5) is 5.69 Å². The summed E-state index contributed by atoms with van der Waals surface area (Å²) in [6.45, 7) is 13.0. The first kappa shape index (κ1) is 14.9. The molecule has 0 saturated carbocycles. The Hall–Kier alpha value is -1.18. The lowest BCUT2D eigenvalue weighted by atomic mass is 9.76. The predicted molar refractivity (Wildman–Crippen MR) is 79.2 cm³/mol. The summed E-state index contributed by atoms with van der Waals surface area (Å²) in [4.78, 5) is 0. The quantitative estimate of drug-likeness (QED) is 0.618. The second-order valence-corrected chi connectivity index (χ2v) is 6.85. The number of hydrogen-bond acceptors (Lipinski definition) is 2. The van der Waals surface area contributed by atoms with Crippen LogP contribution in [-0.4, -0.2) is 5.11 Å². The lowest BCUT2D eigenvalue weighted by Gasteiger charge is -2.29. The third-order valence-corrected chi connectivity index (χ3v) is 3.61. The highest BCUT2D eigenvalue weighted by molar-refractivity contribution is 5.60. The van der Waals surface area contributed by atoms with Crippen molar-refractivity contribution in [1.29, 1.82) is 0 Å². The van der Waals surface area contributed by atoms with Crippen LogP contribution in [0.5, 0.6) is 5.75 Å². The van der Waals surface area contributed by atoms with Gasteiger partial charge in [0.25, 0.3) is 0 Å². The van der Waals surface area contributed by atoms with Crippen LogP contribution in [0.3, 0.4) is 0 Å². The minimum absolute atomic E-state index is 0.0405. The van der Waals surface area contributed by atoms with E-state index in [4.69, 9.17) is 5.73 Å². The van der Waals surface area contributed by atoms with E-state index in [0.717, 1.165) is 18.4 Å². The van der Waals surface area contributed by atoms with Gasteiger partial charge in [-0.15, -0.1) is 0 Å². The van der Waals surface area contributed by atoms with Gasteiger partial charge in [0.05, 0.1) is 5.69 Å². The number of phenols is 1. The summed E-state index contributed by atoms with van der Waals surface area (Å²) in [5.41, 5.74) is 8.59. The number of hydrogen-bond donors (Lipinski definition) is 2. The van der Waals surface area contributed by atoms with Gasteiger partial charge in [-0.2, -0.15) is 0 Å². The fourth-order valence-corrected chi connectivity index (χ4v) is 2.37. The van der Waals surface area contributed by atoms with Crippen molar-refractivity contribution in [1.82, 2.24) is 0 Å². The van der Waals surface area contributed by atoms with E-state index >= 15 is 0 Å². The monoisotopic (exact) mass is 249 g/mol. The molecular weight excluding hydrogens is 222 g/mol. The van der Waals surface area contributed by atoms with Crippen molar-refractivity contribution in [3.63, 3.8) is 0 Å². The maximum Gasteiger partial charge on any atom is 0.142 e. The zero-order chi connectivity index (χ0) is 14.1. The molecule has 2 heteroatoms. The van der Waals surface area contributed by atoms with Crippen LogP contribution in [0.1, 0.15) is 65.5 Å². The molecule has 0 aromatic heterocycles. The van der Waals surface area contributed by atoms with Gasteiger partial charge in [-0.3, -0.25) is 0 Å². The molecule has 3 N–H and O–H groups in total. The minimum atomic E-state index is -0.0474. The molecule has 0 unspecified atom stereocenters. The van der Waals surface area contributed by atoms with Crippen molar-refractivity contribution in [2.45, 2.75) is 65.2 Å². The highest BCUT2D eigenvalue weighted by atomic mass is 16.3. The number of anilines is 1. The van der Waals surface area contributed by atoms with Gasteiger partial charge >= 0.3 is 0 Å². The zero-order valence-electron chi connectivity index (χ0n) is 12.6. The molecule has 0 fully saturated rings. The average Bonchev–Trinajstić information content (AvgIpc) is 2.19. The molecule has 102 valence electrons. The van der Waals surface area contributed by atoms with Crippen molar-refractivity contribution < 1.29 is 5.11 Å². The van der Waals surface area contributed by atoms with Crippen molar-refractivity contribution in [2.75, 3.05) is 5.73 Å². The molecule has 1 rings (SSSR count). The highest BCUT2D eigenvalue weighted by Gasteiger charge is 2.27. The maximum absolute atomic E-state index is 10.2. The van der Waals surface area contributed by atoms with Crippen LogP contribution in [0.15, 0.2) is 12.1 Å². The van der Waals surface area contributed by atoms with Gasteiger partial charge in [-0.25, -0.2) is 0 Å². The van der Waals surface area contributed by atoms with Crippen LogP contribution < -0.4 is 5.73 Å². The topological polar surface area (TPSA) is 46.2 Å². The first-order valence-corrected chi connectivity index (χ1v) is 6.73. The fraction of sp³-hybridized carbons (Fsp3) is 0.625. The second-order valence-electron chi connectivity index (χ2n) is 6.85. The standard InChI is InChI=1S/C16H27NO/c1-7-8-16(5,6)12-9-11(15(2,3)4)10-13(17)14(12)18/h9-10,18H,7-8,17H2,1-6H3. The Morgan fingerprint density at radius 1 is 1.11 bits per heavy atom. The third-order valence-electron chi connectivity index (χ3n) is 3.61. The number of benzene rings is 1. The summed E-state index contributed by atoms with van der Waals surface area (Å²) in [6.07, 6.45) is 2.12. The van der Waals surface area contributed by atoms with E-state index in [-0.39, 0.29) is 16.6 Å². The molecule has 0 aliphatic carbocycles. The van der Waals surface area contributed by atoms with E-state index in [0.29, 0.717) is 5.69 Å². The van der Waals surface area contributed by atoms with E-state index in [9.17, 15) is 5.11 Å². The van der Waals surface area contributed by atoms with Crippen LogP contribution in [0.2, 0.25) is 0 Å². The maximum atomic E-state index is 10.2. The van der Waals surface area contributed by atoms with E-state index in [1.54, 1.807) is 0 Å². The number of nitrogens with two attached hydrogens (primary N) is 1. The normalized spacial score (nSPS) is 12.8. The number of aromatic hydroxyl groups is 1. The largest absolute Gasteiger partial charge is 0.505 e. The summed E-state index contributed by atoms with van der Waals surface area (Å²) in [6, 6.07) is 4.00. The Morgan fingerprint density at radius 3 is 2.11 bits per heavy atom. The lowest BCUT2D eigenvalue weighted by molar-refractivity contribution is 0.417. The van der Waals surface area contributed by atoms with Gasteiger partial charge < -0.3 is 10.8 Å². The number of nitrogen functional groups attached to an aromatic ring is 1. The molecule has 0 radical (unpaired) electrons. The molecule has 0 spiro atoms. The molecule has 0 aliphatic rings. The average molecular weight is 249 g/mol. The second kappa shape index (κ2) is 4.83. The number of rotatable bonds is 3.